The van der Waals surface area contributed by atoms with Crippen LogP contribution in [0.5, 0.6) is 11.9 Å². The Morgan fingerprint density at radius 2 is 1.64 bits per heavy atom. The van der Waals surface area contributed by atoms with Crippen molar-refractivity contribution in [1.82, 2.24) is 19.4 Å². The fourth-order valence-corrected chi connectivity index (χ4v) is 3.45. The minimum atomic E-state index is -0.124. The minimum Gasteiger partial charge on any atom is -0.493 e. The van der Waals surface area contributed by atoms with E-state index in [0.29, 0.717) is 0 Å². The van der Waals surface area contributed by atoms with Crippen molar-refractivity contribution in [1.29, 1.82) is 0 Å². The molecule has 1 aliphatic heterocycles. The van der Waals surface area contributed by atoms with Crippen LogP contribution < -0.4 is 0 Å². The predicted octanol–water partition coefficient (Wildman–Crippen LogP) is 4.39. The Morgan fingerprint density at radius 1 is 1.00 bits per heavy atom. The molecule has 1 atom stereocenters. The lowest BCUT2D eigenvalue weighted by Gasteiger charge is -2.30. The van der Waals surface area contributed by atoms with Crippen LogP contribution in [0.25, 0.3) is 0 Å². The van der Waals surface area contributed by atoms with Crippen molar-refractivity contribution in [3.63, 3.8) is 0 Å². The van der Waals surface area contributed by atoms with Crippen molar-refractivity contribution in [2.75, 3.05) is 13.7 Å². The van der Waals surface area contributed by atoms with Crippen LogP contribution in [-0.4, -0.2) is 43.3 Å². The van der Waals surface area contributed by atoms with Gasteiger partial charge in [-0.1, -0.05) is 58.3 Å². The Bertz CT molecular complexity index is 510. The van der Waals surface area contributed by atoms with Crippen molar-refractivity contribution in [2.45, 2.75) is 77.3 Å². The van der Waals surface area contributed by atoms with Gasteiger partial charge in [-0.3, -0.25) is 0 Å². The maximum absolute atomic E-state index is 10.0. The van der Waals surface area contributed by atoms with Gasteiger partial charge in [0.05, 0.1) is 12.9 Å². The van der Waals surface area contributed by atoms with Crippen LogP contribution in [0.2, 0.25) is 0 Å². The maximum Gasteiger partial charge on any atom is 0.298 e. The van der Waals surface area contributed by atoms with E-state index < -0.39 is 0 Å². The van der Waals surface area contributed by atoms with Crippen molar-refractivity contribution < 1.29 is 10.2 Å². The van der Waals surface area contributed by atoms with Gasteiger partial charge >= 0.3 is 0 Å². The highest BCUT2D eigenvalue weighted by atomic mass is 16.3. The summed E-state index contributed by atoms with van der Waals surface area (Å²) in [6.07, 6.45) is 17.7. The normalized spacial score (nSPS) is 15.3. The quantitative estimate of drug-likeness (QED) is 0.547. The minimum absolute atomic E-state index is 0.0152. The lowest BCUT2D eigenvalue weighted by molar-refractivity contribution is 0.140. The highest BCUT2D eigenvalue weighted by Crippen LogP contribution is 2.32. The Hall–Kier alpha value is -1.85. The number of hydrogen-bond acceptors (Lipinski definition) is 5. The summed E-state index contributed by atoms with van der Waals surface area (Å²) in [5.74, 6) is 0.0152. The summed E-state index contributed by atoms with van der Waals surface area (Å²) >= 11 is 0. The number of rotatable bonds is 12. The molecule has 0 amide bonds. The molecule has 0 saturated carbocycles. The molecule has 0 radical (unpaired) electrons. The highest BCUT2D eigenvalue weighted by Gasteiger charge is 2.25. The average Bonchev–Trinajstić information content (AvgIpc) is 3.16. The zero-order valence-electron chi connectivity index (χ0n) is 15.8. The van der Waals surface area contributed by atoms with E-state index in [2.05, 4.69) is 21.7 Å². The standard InChI is InChI=1S/C19H34N4O2/c1-3-4-5-6-7-8-9-10-11-12-17(22-14-13-21(2)16-22)23-18(24)15-20-19(23)25/h13-15,17,24H,3-12,16H2,1-2H3,(H,20,25). The van der Waals surface area contributed by atoms with Gasteiger partial charge in [0.15, 0.2) is 0 Å². The molecule has 1 unspecified atom stereocenters. The Labute approximate surface area is 151 Å². The van der Waals surface area contributed by atoms with Crippen molar-refractivity contribution in [2.24, 2.45) is 0 Å². The van der Waals surface area contributed by atoms with Crippen LogP contribution in [-0.2, 0) is 0 Å². The van der Waals surface area contributed by atoms with Gasteiger partial charge in [-0.15, -0.1) is 0 Å². The third-order valence-corrected chi connectivity index (χ3v) is 4.90. The Balaban J connectivity index is 1.77. The largest absolute Gasteiger partial charge is 0.493 e. The second-order valence-corrected chi connectivity index (χ2v) is 7.09. The average molecular weight is 351 g/mol. The SMILES string of the molecule is CCCCCCCCCCCC(N1C=CN(C)C1)n1c(O)cnc1O. The lowest BCUT2D eigenvalue weighted by atomic mass is 10.1. The van der Waals surface area contributed by atoms with E-state index in [-0.39, 0.29) is 18.1 Å². The van der Waals surface area contributed by atoms with E-state index in [1.807, 2.05) is 19.4 Å². The van der Waals surface area contributed by atoms with Gasteiger partial charge < -0.3 is 20.0 Å². The number of hydrogen-bond donors (Lipinski definition) is 2. The molecule has 0 spiro atoms. The summed E-state index contributed by atoms with van der Waals surface area (Å²) in [7, 11) is 2.01. The van der Waals surface area contributed by atoms with Gasteiger partial charge in [0.2, 0.25) is 5.88 Å². The third kappa shape index (κ3) is 5.87. The van der Waals surface area contributed by atoms with Crippen LogP contribution in [0.1, 0.15) is 77.3 Å². The zero-order valence-corrected chi connectivity index (χ0v) is 15.8. The molecule has 6 nitrogen and oxygen atoms in total. The molecule has 2 N–H and O–H groups in total. The summed E-state index contributed by atoms with van der Waals surface area (Å²) < 4.78 is 1.52. The second-order valence-electron chi connectivity index (χ2n) is 7.09. The molecular weight excluding hydrogens is 316 g/mol. The molecule has 0 saturated heterocycles. The molecule has 25 heavy (non-hydrogen) atoms. The number of imidazole rings is 1. The van der Waals surface area contributed by atoms with Gasteiger partial charge in [-0.05, 0) is 12.8 Å². The molecule has 1 aromatic rings. The number of unbranched alkanes of at least 4 members (excludes halogenated alkanes) is 8. The van der Waals surface area contributed by atoms with Gasteiger partial charge in [0.1, 0.15) is 6.17 Å². The molecule has 2 heterocycles. The molecule has 1 aromatic heterocycles. The molecule has 0 bridgehead atoms. The maximum atomic E-state index is 10.0. The van der Waals surface area contributed by atoms with Gasteiger partial charge in [0.25, 0.3) is 6.01 Å². The van der Waals surface area contributed by atoms with Crippen LogP contribution in [0, 0.1) is 0 Å². The van der Waals surface area contributed by atoms with Crippen molar-refractivity contribution >= 4 is 0 Å². The van der Waals surface area contributed by atoms with Crippen LogP contribution >= 0.6 is 0 Å². The van der Waals surface area contributed by atoms with E-state index in [0.717, 1.165) is 19.5 Å². The monoisotopic (exact) mass is 350 g/mol. The molecule has 6 heteroatoms. The molecule has 1 aliphatic rings. The van der Waals surface area contributed by atoms with Gasteiger partial charge in [-0.2, -0.15) is 4.98 Å². The van der Waals surface area contributed by atoms with Crippen LogP contribution in [0.3, 0.4) is 0 Å². The molecule has 0 aliphatic carbocycles. The highest BCUT2D eigenvalue weighted by molar-refractivity contribution is 5.15. The van der Waals surface area contributed by atoms with Crippen LogP contribution in [0.4, 0.5) is 0 Å². The van der Waals surface area contributed by atoms with E-state index in [4.69, 9.17) is 0 Å². The predicted molar refractivity (Wildman–Crippen MR) is 100 cm³/mol. The first-order chi connectivity index (χ1) is 12.1. The van der Waals surface area contributed by atoms with E-state index >= 15 is 0 Å². The van der Waals surface area contributed by atoms with Crippen molar-refractivity contribution in [3.8, 4) is 11.9 Å². The molecule has 0 aromatic carbocycles. The van der Waals surface area contributed by atoms with Gasteiger partial charge in [-0.25, -0.2) is 4.57 Å². The van der Waals surface area contributed by atoms with Crippen LogP contribution in [0.15, 0.2) is 18.6 Å². The fourth-order valence-electron chi connectivity index (χ4n) is 3.45. The summed E-state index contributed by atoms with van der Waals surface area (Å²) in [6.45, 7) is 3.00. The van der Waals surface area contributed by atoms with Gasteiger partial charge in [0, 0.05) is 19.4 Å². The number of aromatic nitrogens is 2. The molecule has 0 fully saturated rings. The van der Waals surface area contributed by atoms with E-state index in [1.54, 1.807) is 0 Å². The molecular formula is C19H34N4O2. The fraction of sp³-hybridized carbons (Fsp3) is 0.737. The Kier molecular flexibility index (Phi) is 7.95. The first kappa shape index (κ1) is 19.5. The lowest BCUT2D eigenvalue weighted by Crippen LogP contribution is -2.30. The number of aromatic hydroxyl groups is 2. The van der Waals surface area contributed by atoms with Crippen molar-refractivity contribution in [3.05, 3.63) is 18.6 Å². The topological polar surface area (TPSA) is 64.8 Å². The Morgan fingerprint density at radius 3 is 2.16 bits per heavy atom. The smallest absolute Gasteiger partial charge is 0.298 e. The van der Waals surface area contributed by atoms with E-state index in [1.165, 1.54) is 62.1 Å². The third-order valence-electron chi connectivity index (χ3n) is 4.90. The molecule has 142 valence electrons. The second kappa shape index (κ2) is 10.2. The zero-order chi connectivity index (χ0) is 18.1. The summed E-state index contributed by atoms with van der Waals surface area (Å²) in [5, 5.41) is 20.0. The molecule has 2 rings (SSSR count). The summed E-state index contributed by atoms with van der Waals surface area (Å²) in [6, 6.07) is -0.124. The first-order valence-corrected chi connectivity index (χ1v) is 9.73. The summed E-state index contributed by atoms with van der Waals surface area (Å²) in [4.78, 5) is 8.03. The summed E-state index contributed by atoms with van der Waals surface area (Å²) in [5.41, 5.74) is 0. The number of nitrogens with zero attached hydrogens (tertiary/aromatic N) is 4. The van der Waals surface area contributed by atoms with E-state index in [9.17, 15) is 10.2 Å². The first-order valence-electron chi connectivity index (χ1n) is 9.73.